The molecule has 0 heterocycles. The zero-order valence-corrected chi connectivity index (χ0v) is 39.4. The second-order valence-corrected chi connectivity index (χ2v) is 16.0. The molecule has 6 nitrogen and oxygen atoms in total. The molecule has 0 saturated heterocycles. The molecule has 0 unspecified atom stereocenters. The van der Waals surface area contributed by atoms with E-state index in [0.29, 0.717) is 19.3 Å². The summed E-state index contributed by atoms with van der Waals surface area (Å²) in [7, 11) is 0. The van der Waals surface area contributed by atoms with Crippen molar-refractivity contribution in [3.05, 3.63) is 97.2 Å². The number of ether oxygens (including phenoxy) is 3. The van der Waals surface area contributed by atoms with Gasteiger partial charge < -0.3 is 14.2 Å². The summed E-state index contributed by atoms with van der Waals surface area (Å²) in [4.78, 5) is 37.9. The Morgan fingerprint density at radius 2 is 0.639 bits per heavy atom. The normalized spacial score (nSPS) is 12.9. The first-order valence-electron chi connectivity index (χ1n) is 24.7. The van der Waals surface area contributed by atoms with Gasteiger partial charge in [0.05, 0.1) is 0 Å². The Morgan fingerprint density at radius 3 is 1.03 bits per heavy atom. The third kappa shape index (κ3) is 47.2. The summed E-state index contributed by atoms with van der Waals surface area (Å²) < 4.78 is 16.7. The number of rotatable bonds is 43. The quantitative estimate of drug-likeness (QED) is 0.0263. The second kappa shape index (κ2) is 49.0. The number of carbonyl (C=O) groups excluding carboxylic acids is 3. The van der Waals surface area contributed by atoms with Crippen molar-refractivity contribution >= 4 is 17.9 Å². The highest BCUT2D eigenvalue weighted by Crippen LogP contribution is 2.13. The van der Waals surface area contributed by atoms with Gasteiger partial charge in [0.15, 0.2) is 6.10 Å². The minimum atomic E-state index is -0.805. The minimum absolute atomic E-state index is 0.101. The Kier molecular flexibility index (Phi) is 46.0. The van der Waals surface area contributed by atoms with Gasteiger partial charge in [0.1, 0.15) is 13.2 Å². The Labute approximate surface area is 375 Å². The Morgan fingerprint density at radius 1 is 0.344 bits per heavy atom. The molecule has 0 aliphatic rings. The SMILES string of the molecule is CC/C=C\C/C=C\C/C=C\C/C=C\CCCCCCC(=O)O[C@H](COC(=O)CCCC/C=C\C/C=C\C/C=C\C/C=C\CC)COC(=O)CCCCCCCCCCCCC. The number of hydrogen-bond donors (Lipinski definition) is 0. The van der Waals surface area contributed by atoms with E-state index in [1.54, 1.807) is 0 Å². The van der Waals surface area contributed by atoms with E-state index in [9.17, 15) is 14.4 Å². The molecule has 61 heavy (non-hydrogen) atoms. The van der Waals surface area contributed by atoms with Crippen LogP contribution in [0.2, 0.25) is 0 Å². The van der Waals surface area contributed by atoms with Gasteiger partial charge in [-0.2, -0.15) is 0 Å². The van der Waals surface area contributed by atoms with Crippen molar-refractivity contribution in [2.45, 2.75) is 219 Å². The fourth-order valence-electron chi connectivity index (χ4n) is 6.42. The van der Waals surface area contributed by atoms with E-state index in [-0.39, 0.29) is 31.1 Å². The zero-order chi connectivity index (χ0) is 44.4. The number of esters is 3. The Bertz CT molecular complexity index is 1250. The van der Waals surface area contributed by atoms with Gasteiger partial charge >= 0.3 is 17.9 Å². The van der Waals surface area contributed by atoms with Crippen molar-refractivity contribution in [1.29, 1.82) is 0 Å². The molecule has 1 atom stereocenters. The number of allylic oxidation sites excluding steroid dienone is 16. The highest BCUT2D eigenvalue weighted by molar-refractivity contribution is 5.71. The largest absolute Gasteiger partial charge is 0.462 e. The average molecular weight is 847 g/mol. The van der Waals surface area contributed by atoms with Gasteiger partial charge in [0.25, 0.3) is 0 Å². The van der Waals surface area contributed by atoms with Crippen LogP contribution in [0.25, 0.3) is 0 Å². The van der Waals surface area contributed by atoms with E-state index in [1.807, 2.05) is 0 Å². The van der Waals surface area contributed by atoms with E-state index in [0.717, 1.165) is 122 Å². The van der Waals surface area contributed by atoms with Crippen molar-refractivity contribution < 1.29 is 28.6 Å². The standard InChI is InChI=1S/C55H90O6/c1-4-7-10-13-16-19-22-24-26-27-29-31-34-37-40-43-46-49-55(58)61-52(50-59-53(56)47-44-41-38-35-32-21-18-15-12-9-6-3)51-60-54(57)48-45-42-39-36-33-30-28-25-23-20-17-14-11-8-5-2/h7-8,10-11,16-17,19-20,24-26,28-29,31,33,36,52H,4-6,9,12-15,18,21-23,27,30,32,34-35,37-51H2,1-3H3/b10-7-,11-8-,19-16-,20-17-,26-24-,28-25-,31-29-,36-33-/t52-/m0/s1. The molecule has 0 spiro atoms. The molecule has 0 rings (SSSR count). The van der Waals surface area contributed by atoms with Crippen LogP contribution in [0.1, 0.15) is 213 Å². The first kappa shape index (κ1) is 57.3. The zero-order valence-electron chi connectivity index (χ0n) is 39.4. The van der Waals surface area contributed by atoms with E-state index in [1.165, 1.54) is 51.4 Å². The summed E-state index contributed by atoms with van der Waals surface area (Å²) in [5.74, 6) is -0.974. The monoisotopic (exact) mass is 847 g/mol. The van der Waals surface area contributed by atoms with Gasteiger partial charge in [0.2, 0.25) is 0 Å². The van der Waals surface area contributed by atoms with Crippen LogP contribution < -0.4 is 0 Å². The fourth-order valence-corrected chi connectivity index (χ4v) is 6.42. The molecule has 0 N–H and O–H groups in total. The lowest BCUT2D eigenvalue weighted by Gasteiger charge is -2.18. The molecule has 0 amide bonds. The molecular formula is C55H90O6. The maximum atomic E-state index is 12.8. The lowest BCUT2D eigenvalue weighted by molar-refractivity contribution is -0.167. The highest BCUT2D eigenvalue weighted by atomic mass is 16.6. The summed E-state index contributed by atoms with van der Waals surface area (Å²) >= 11 is 0. The van der Waals surface area contributed by atoms with Crippen LogP contribution in [0, 0.1) is 0 Å². The first-order chi connectivity index (χ1) is 30.0. The van der Waals surface area contributed by atoms with Gasteiger partial charge in [-0.25, -0.2) is 0 Å². The number of carbonyl (C=O) groups is 3. The molecule has 6 heteroatoms. The number of hydrogen-bond acceptors (Lipinski definition) is 6. The maximum absolute atomic E-state index is 12.8. The smallest absolute Gasteiger partial charge is 0.306 e. The highest BCUT2D eigenvalue weighted by Gasteiger charge is 2.19. The lowest BCUT2D eigenvalue weighted by Crippen LogP contribution is -2.30. The van der Waals surface area contributed by atoms with Crippen molar-refractivity contribution in [3.8, 4) is 0 Å². The average Bonchev–Trinajstić information content (AvgIpc) is 3.26. The summed E-state index contributed by atoms with van der Waals surface area (Å²) in [6.45, 7) is 6.33. The summed E-state index contributed by atoms with van der Waals surface area (Å²) in [5.41, 5.74) is 0. The molecule has 0 aromatic carbocycles. The van der Waals surface area contributed by atoms with Gasteiger partial charge in [-0.1, -0.05) is 195 Å². The minimum Gasteiger partial charge on any atom is -0.462 e. The Hall–Kier alpha value is -3.67. The molecule has 0 saturated carbocycles. The van der Waals surface area contributed by atoms with Gasteiger partial charge in [0, 0.05) is 19.3 Å². The molecule has 0 radical (unpaired) electrons. The molecule has 0 bridgehead atoms. The van der Waals surface area contributed by atoms with Crippen molar-refractivity contribution in [3.63, 3.8) is 0 Å². The van der Waals surface area contributed by atoms with E-state index in [4.69, 9.17) is 14.2 Å². The van der Waals surface area contributed by atoms with Crippen molar-refractivity contribution in [2.75, 3.05) is 13.2 Å². The molecule has 0 aromatic heterocycles. The lowest BCUT2D eigenvalue weighted by atomic mass is 10.1. The maximum Gasteiger partial charge on any atom is 0.306 e. The Balaban J connectivity index is 4.50. The van der Waals surface area contributed by atoms with Crippen LogP contribution in [0.5, 0.6) is 0 Å². The molecular weight excluding hydrogens is 757 g/mol. The van der Waals surface area contributed by atoms with E-state index in [2.05, 4.69) is 118 Å². The van der Waals surface area contributed by atoms with Crippen LogP contribution in [0.3, 0.4) is 0 Å². The van der Waals surface area contributed by atoms with E-state index < -0.39 is 6.10 Å². The van der Waals surface area contributed by atoms with Crippen molar-refractivity contribution in [1.82, 2.24) is 0 Å². The fraction of sp³-hybridized carbons (Fsp3) is 0.655. The van der Waals surface area contributed by atoms with Crippen LogP contribution in [-0.4, -0.2) is 37.2 Å². The van der Waals surface area contributed by atoms with Crippen LogP contribution in [0.15, 0.2) is 97.2 Å². The van der Waals surface area contributed by atoms with Gasteiger partial charge in [-0.3, -0.25) is 14.4 Å². The molecule has 0 aromatic rings. The number of unbranched alkanes of at least 4 members (excludes halogenated alkanes) is 16. The predicted molar refractivity (Wildman–Crippen MR) is 260 cm³/mol. The third-order valence-electron chi connectivity index (χ3n) is 10.1. The first-order valence-corrected chi connectivity index (χ1v) is 24.7. The van der Waals surface area contributed by atoms with Crippen LogP contribution in [-0.2, 0) is 28.6 Å². The topological polar surface area (TPSA) is 78.9 Å². The molecule has 0 aliphatic carbocycles. The second-order valence-electron chi connectivity index (χ2n) is 16.0. The molecule has 0 fully saturated rings. The molecule has 346 valence electrons. The summed E-state index contributed by atoms with van der Waals surface area (Å²) in [6, 6.07) is 0. The third-order valence-corrected chi connectivity index (χ3v) is 10.1. The van der Waals surface area contributed by atoms with Crippen LogP contribution >= 0.6 is 0 Å². The van der Waals surface area contributed by atoms with Gasteiger partial charge in [-0.05, 0) is 96.3 Å². The van der Waals surface area contributed by atoms with E-state index >= 15 is 0 Å². The van der Waals surface area contributed by atoms with Crippen molar-refractivity contribution in [2.24, 2.45) is 0 Å². The summed E-state index contributed by atoms with van der Waals surface area (Å²) in [6.07, 6.45) is 63.9. The van der Waals surface area contributed by atoms with Gasteiger partial charge in [-0.15, -0.1) is 0 Å². The van der Waals surface area contributed by atoms with Crippen LogP contribution in [0.4, 0.5) is 0 Å². The molecule has 0 aliphatic heterocycles. The predicted octanol–water partition coefficient (Wildman–Crippen LogP) is 16.2. The summed E-state index contributed by atoms with van der Waals surface area (Å²) in [5, 5.41) is 0.